The Balaban J connectivity index is 2.03. The lowest BCUT2D eigenvalue weighted by molar-refractivity contribution is 0.0921. The summed E-state index contributed by atoms with van der Waals surface area (Å²) < 4.78 is 0. The van der Waals surface area contributed by atoms with Gasteiger partial charge in [-0.15, -0.1) is 0 Å². The third-order valence-corrected chi connectivity index (χ3v) is 3.28. The minimum Gasteiger partial charge on any atom is -0.349 e. The van der Waals surface area contributed by atoms with E-state index >= 15 is 0 Å². The Morgan fingerprint density at radius 3 is 2.72 bits per heavy atom. The molecule has 0 aromatic heterocycles. The van der Waals surface area contributed by atoms with Crippen molar-refractivity contribution in [1.82, 2.24) is 5.32 Å². The number of nitrogens with one attached hydrogen (secondary N) is 1. The number of azide groups is 1. The molecule has 18 heavy (non-hydrogen) atoms. The zero-order valence-electron chi connectivity index (χ0n) is 10.1. The van der Waals surface area contributed by atoms with Crippen LogP contribution in [0.1, 0.15) is 36.0 Å². The molecule has 0 aliphatic heterocycles. The summed E-state index contributed by atoms with van der Waals surface area (Å²) in [5.74, 6) is -0.0966. The molecule has 2 rings (SSSR count). The number of carbonyl (C=O) groups excluding carboxylic acids is 1. The molecule has 2 atom stereocenters. The van der Waals surface area contributed by atoms with Crippen LogP contribution in [0, 0.1) is 0 Å². The number of hydrogen-bond donors (Lipinski definition) is 1. The van der Waals surface area contributed by atoms with Crippen LogP contribution in [-0.2, 0) is 0 Å². The number of amides is 1. The molecule has 0 heterocycles. The molecule has 94 valence electrons. The molecule has 0 saturated heterocycles. The molecule has 1 aliphatic carbocycles. The van der Waals surface area contributed by atoms with Crippen LogP contribution in [0.25, 0.3) is 10.4 Å². The Kier molecular flexibility index (Phi) is 4.20. The Bertz CT molecular complexity index is 453. The molecule has 0 bridgehead atoms. The molecule has 5 heteroatoms. The van der Waals surface area contributed by atoms with Gasteiger partial charge >= 0.3 is 0 Å². The summed E-state index contributed by atoms with van der Waals surface area (Å²) in [5, 5.41) is 6.74. The van der Waals surface area contributed by atoms with Gasteiger partial charge in [0.2, 0.25) is 0 Å². The third kappa shape index (κ3) is 3.02. The summed E-state index contributed by atoms with van der Waals surface area (Å²) in [6.45, 7) is 0. The normalized spacial score (nSPS) is 22.9. The smallest absolute Gasteiger partial charge is 0.251 e. The van der Waals surface area contributed by atoms with Crippen molar-refractivity contribution < 1.29 is 4.79 Å². The molecule has 0 radical (unpaired) electrons. The molecule has 1 amide bonds. The molecule has 1 aromatic carbocycles. The van der Waals surface area contributed by atoms with Crippen LogP contribution in [0.2, 0.25) is 0 Å². The van der Waals surface area contributed by atoms with Crippen molar-refractivity contribution in [2.24, 2.45) is 5.11 Å². The van der Waals surface area contributed by atoms with Gasteiger partial charge in [-0.3, -0.25) is 4.79 Å². The molecule has 1 aliphatic rings. The van der Waals surface area contributed by atoms with Gasteiger partial charge in [-0.05, 0) is 30.5 Å². The monoisotopic (exact) mass is 244 g/mol. The fourth-order valence-electron chi connectivity index (χ4n) is 2.33. The summed E-state index contributed by atoms with van der Waals surface area (Å²) >= 11 is 0. The topological polar surface area (TPSA) is 77.9 Å². The van der Waals surface area contributed by atoms with E-state index < -0.39 is 0 Å². The minimum absolute atomic E-state index is 0.0395. The summed E-state index contributed by atoms with van der Waals surface area (Å²) in [6.07, 6.45) is 3.85. The maximum Gasteiger partial charge on any atom is 0.251 e. The van der Waals surface area contributed by atoms with Crippen LogP contribution < -0.4 is 5.32 Å². The van der Waals surface area contributed by atoms with E-state index in [1.165, 1.54) is 0 Å². The third-order valence-electron chi connectivity index (χ3n) is 3.28. The fourth-order valence-corrected chi connectivity index (χ4v) is 2.33. The summed E-state index contributed by atoms with van der Waals surface area (Å²) in [6, 6.07) is 8.95. The van der Waals surface area contributed by atoms with Crippen LogP contribution in [0.4, 0.5) is 0 Å². The molecule has 1 N–H and O–H groups in total. The van der Waals surface area contributed by atoms with E-state index in [1.807, 2.05) is 18.2 Å². The van der Waals surface area contributed by atoms with Gasteiger partial charge in [-0.25, -0.2) is 0 Å². The van der Waals surface area contributed by atoms with Crippen molar-refractivity contribution in [3.05, 3.63) is 46.3 Å². The Labute approximate surface area is 106 Å². The van der Waals surface area contributed by atoms with Crippen LogP contribution >= 0.6 is 0 Å². The number of nitrogens with zero attached hydrogens (tertiary/aromatic N) is 3. The summed E-state index contributed by atoms with van der Waals surface area (Å²) in [5.41, 5.74) is 9.17. The van der Waals surface area contributed by atoms with E-state index in [9.17, 15) is 4.79 Å². The first kappa shape index (κ1) is 12.5. The zero-order chi connectivity index (χ0) is 12.8. The lowest BCUT2D eigenvalue weighted by Gasteiger charge is -2.28. The highest BCUT2D eigenvalue weighted by Crippen LogP contribution is 2.21. The summed E-state index contributed by atoms with van der Waals surface area (Å²) in [4.78, 5) is 14.9. The molecule has 0 spiro atoms. The van der Waals surface area contributed by atoms with Gasteiger partial charge in [0.05, 0.1) is 6.04 Å². The second-order valence-corrected chi connectivity index (χ2v) is 4.50. The second kappa shape index (κ2) is 6.07. The molecule has 1 fully saturated rings. The fraction of sp³-hybridized carbons (Fsp3) is 0.462. The summed E-state index contributed by atoms with van der Waals surface area (Å²) in [7, 11) is 0. The molecule has 5 nitrogen and oxygen atoms in total. The predicted octanol–water partition coefficient (Wildman–Crippen LogP) is 3.04. The average molecular weight is 244 g/mol. The van der Waals surface area contributed by atoms with Gasteiger partial charge in [0, 0.05) is 16.5 Å². The van der Waals surface area contributed by atoms with Crippen LogP contribution in [0.3, 0.4) is 0 Å². The van der Waals surface area contributed by atoms with Gasteiger partial charge < -0.3 is 5.32 Å². The van der Waals surface area contributed by atoms with Crippen molar-refractivity contribution in [2.45, 2.75) is 37.8 Å². The highest BCUT2D eigenvalue weighted by molar-refractivity contribution is 5.94. The number of carbonyl (C=O) groups is 1. The first-order chi connectivity index (χ1) is 8.81. The van der Waals surface area contributed by atoms with Crippen molar-refractivity contribution >= 4 is 5.91 Å². The van der Waals surface area contributed by atoms with Crippen LogP contribution in [-0.4, -0.2) is 18.0 Å². The van der Waals surface area contributed by atoms with E-state index in [1.54, 1.807) is 12.1 Å². The molecule has 1 saturated carbocycles. The van der Waals surface area contributed by atoms with E-state index in [2.05, 4.69) is 15.3 Å². The number of hydrogen-bond acceptors (Lipinski definition) is 2. The van der Waals surface area contributed by atoms with Crippen molar-refractivity contribution in [1.29, 1.82) is 0 Å². The number of benzene rings is 1. The van der Waals surface area contributed by atoms with Crippen molar-refractivity contribution in [3.63, 3.8) is 0 Å². The lowest BCUT2D eigenvalue weighted by Crippen LogP contribution is -2.44. The van der Waals surface area contributed by atoms with Crippen molar-refractivity contribution in [3.8, 4) is 0 Å². The van der Waals surface area contributed by atoms with Gasteiger partial charge in [-0.1, -0.05) is 36.2 Å². The number of rotatable bonds is 3. The standard InChI is InChI=1S/C13H16N4O/c14-17-16-12-9-5-4-8-11(12)15-13(18)10-6-2-1-3-7-10/h1-3,6-7,11-12H,4-5,8-9H2,(H,15,18)/t11-,12-/m0/s1. The molecule has 1 aromatic rings. The Morgan fingerprint density at radius 1 is 1.28 bits per heavy atom. The maximum atomic E-state index is 12.0. The van der Waals surface area contributed by atoms with Crippen LogP contribution in [0.15, 0.2) is 35.4 Å². The highest BCUT2D eigenvalue weighted by Gasteiger charge is 2.25. The largest absolute Gasteiger partial charge is 0.349 e. The van der Waals surface area contributed by atoms with Gasteiger partial charge in [0.1, 0.15) is 0 Å². The molecular formula is C13H16N4O. The highest BCUT2D eigenvalue weighted by atomic mass is 16.1. The first-order valence-corrected chi connectivity index (χ1v) is 6.21. The predicted molar refractivity (Wildman–Crippen MR) is 69.1 cm³/mol. The molecule has 0 unspecified atom stereocenters. The minimum atomic E-state index is -0.114. The SMILES string of the molecule is [N-]=[N+]=N[C@H]1CCCC[C@@H]1NC(=O)c1ccccc1. The van der Waals surface area contributed by atoms with Gasteiger partial charge in [0.25, 0.3) is 5.91 Å². The van der Waals surface area contributed by atoms with Crippen LogP contribution in [0.5, 0.6) is 0 Å². The van der Waals surface area contributed by atoms with Gasteiger partial charge in [-0.2, -0.15) is 0 Å². The van der Waals surface area contributed by atoms with Gasteiger partial charge in [0.15, 0.2) is 0 Å². The van der Waals surface area contributed by atoms with E-state index in [0.717, 1.165) is 25.7 Å². The zero-order valence-corrected chi connectivity index (χ0v) is 10.1. The maximum absolute atomic E-state index is 12.0. The first-order valence-electron chi connectivity index (χ1n) is 6.21. The Morgan fingerprint density at radius 2 is 2.00 bits per heavy atom. The van der Waals surface area contributed by atoms with Crippen molar-refractivity contribution in [2.75, 3.05) is 0 Å². The Hall–Kier alpha value is -2.00. The molecular weight excluding hydrogens is 228 g/mol. The lowest BCUT2D eigenvalue weighted by atomic mass is 9.90. The van der Waals surface area contributed by atoms with E-state index in [0.29, 0.717) is 5.56 Å². The van der Waals surface area contributed by atoms with E-state index in [-0.39, 0.29) is 18.0 Å². The van der Waals surface area contributed by atoms with E-state index in [4.69, 9.17) is 5.53 Å². The average Bonchev–Trinajstić information content (AvgIpc) is 2.42. The second-order valence-electron chi connectivity index (χ2n) is 4.50. The quantitative estimate of drug-likeness (QED) is 0.495.